The van der Waals surface area contributed by atoms with Crippen LogP contribution in [0.25, 0.3) is 0 Å². The summed E-state index contributed by atoms with van der Waals surface area (Å²) in [4.78, 5) is 0. The first-order chi connectivity index (χ1) is 3.68. The van der Waals surface area contributed by atoms with Gasteiger partial charge >= 0.3 is 0 Å². The second-order valence-electron chi connectivity index (χ2n) is 1.24. The van der Waals surface area contributed by atoms with Crippen LogP contribution in [0.4, 0.5) is 0 Å². The van der Waals surface area contributed by atoms with Gasteiger partial charge in [0.15, 0.2) is 0 Å². The highest BCUT2D eigenvalue weighted by molar-refractivity contribution is 6.21. The Morgan fingerprint density at radius 1 is 1.50 bits per heavy atom. The molecule has 0 atom stereocenters. The first-order valence-corrected chi connectivity index (χ1v) is 2.39. The normalized spacial score (nSPS) is 8.88. The third-order valence-electron chi connectivity index (χ3n) is 0.659. The fraction of sp³-hybridized carbons (Fsp3) is 0.200. The van der Waals surface area contributed by atoms with Crippen LogP contribution in [0.1, 0.15) is 0 Å². The van der Waals surface area contributed by atoms with E-state index in [1.807, 2.05) is 0 Å². The molecule has 0 rings (SSSR count). The smallest absolute Gasteiger partial charge is 0.142 e. The molecule has 2 nitrogen and oxygen atoms in total. The molecule has 0 aliphatic carbocycles. The first-order valence-electron chi connectivity index (χ1n) is 1.89. The van der Waals surface area contributed by atoms with Gasteiger partial charge in [0, 0.05) is 0 Å². The highest BCUT2D eigenvalue weighted by Gasteiger charge is 2.16. The fourth-order valence-corrected chi connectivity index (χ4v) is 0.116. The number of nitriles is 2. The molecular weight excluding hydrogens is 116 g/mol. The van der Waals surface area contributed by atoms with Crippen molar-refractivity contribution >= 4 is 10.2 Å². The molecule has 0 heterocycles. The zero-order chi connectivity index (χ0) is 6.62. The molecule has 0 aliphatic heterocycles. The molecule has 0 unspecified atom stereocenters. The second-order valence-corrected chi connectivity index (χ2v) is 2.02. The van der Waals surface area contributed by atoms with Gasteiger partial charge in [-0.3, -0.25) is 0 Å². The van der Waals surface area contributed by atoms with Crippen molar-refractivity contribution in [2.45, 2.75) is 5.04 Å². The maximum Gasteiger partial charge on any atom is 0.142 e. The highest BCUT2D eigenvalue weighted by Crippen LogP contribution is 2.17. The van der Waals surface area contributed by atoms with Crippen molar-refractivity contribution in [3.05, 3.63) is 12.7 Å². The maximum atomic E-state index is 8.19. The molecule has 8 heavy (non-hydrogen) atoms. The quantitative estimate of drug-likeness (QED) is 0.374. The summed E-state index contributed by atoms with van der Waals surface area (Å²) in [6, 6.07) is 3.42. The average Bonchev–Trinajstić information content (AvgIpc) is 1.87. The topological polar surface area (TPSA) is 47.6 Å². The molecule has 0 bridgehead atoms. The van der Waals surface area contributed by atoms with Crippen molar-refractivity contribution in [2.24, 2.45) is 0 Å². The molecule has 0 aliphatic rings. The van der Waals surface area contributed by atoms with E-state index < -0.39 is 5.04 Å². The van der Waals surface area contributed by atoms with Crippen LogP contribution in [0.2, 0.25) is 5.04 Å². The van der Waals surface area contributed by atoms with E-state index >= 15 is 0 Å². The average molecular weight is 119 g/mol. The van der Waals surface area contributed by atoms with Gasteiger partial charge in [0.2, 0.25) is 0 Å². The lowest BCUT2D eigenvalue weighted by molar-refractivity contribution is 1.12. The van der Waals surface area contributed by atoms with E-state index in [1.54, 1.807) is 12.1 Å². The van der Waals surface area contributed by atoms with Crippen LogP contribution >= 0.6 is 0 Å². The second kappa shape index (κ2) is 2.30. The van der Waals surface area contributed by atoms with Crippen molar-refractivity contribution in [2.75, 3.05) is 0 Å². The fourth-order valence-electron chi connectivity index (χ4n) is 0.116. The predicted octanol–water partition coefficient (Wildman–Crippen LogP) is 0.547. The number of nitrogens with zero attached hydrogens (tertiary/aromatic N) is 2. The van der Waals surface area contributed by atoms with Gasteiger partial charge in [-0.2, -0.15) is 10.5 Å². The zero-order valence-corrected chi connectivity index (χ0v) is 5.18. The molecule has 0 spiro atoms. The van der Waals surface area contributed by atoms with Gasteiger partial charge in [-0.1, -0.05) is 6.08 Å². The standard InChI is InChI=1S/C5H3N2Si/c1-2-5(8,3-6)4-7/h2H,1H2. The Bertz CT molecular complexity index is 158. The minimum Gasteiger partial charge on any atom is -0.197 e. The van der Waals surface area contributed by atoms with E-state index in [4.69, 9.17) is 10.5 Å². The molecule has 0 saturated heterocycles. The monoisotopic (exact) mass is 119 g/mol. The van der Waals surface area contributed by atoms with Crippen molar-refractivity contribution in [1.29, 1.82) is 10.5 Å². The summed E-state index contributed by atoms with van der Waals surface area (Å²) in [5.74, 6) is 0. The van der Waals surface area contributed by atoms with Crippen LogP contribution < -0.4 is 0 Å². The van der Waals surface area contributed by atoms with Gasteiger partial charge in [-0.15, -0.1) is 6.58 Å². The minimum atomic E-state index is -1.19. The van der Waals surface area contributed by atoms with Crippen molar-refractivity contribution in [3.8, 4) is 12.1 Å². The summed E-state index contributed by atoms with van der Waals surface area (Å²) in [7, 11) is 2.89. The molecule has 0 aromatic heterocycles. The third-order valence-corrected chi connectivity index (χ3v) is 1.09. The number of hydrogen-bond donors (Lipinski definition) is 0. The van der Waals surface area contributed by atoms with Gasteiger partial charge in [0.25, 0.3) is 0 Å². The molecular formula is C5H3N2Si. The van der Waals surface area contributed by atoms with E-state index in [0.717, 1.165) is 0 Å². The number of rotatable bonds is 1. The van der Waals surface area contributed by atoms with Crippen LogP contribution in [0.15, 0.2) is 12.7 Å². The Kier molecular flexibility index (Phi) is 1.99. The Balaban J connectivity index is 4.34. The number of hydrogen-bond acceptors (Lipinski definition) is 2. The maximum absolute atomic E-state index is 8.19. The van der Waals surface area contributed by atoms with Gasteiger partial charge in [-0.05, 0) is 0 Å². The van der Waals surface area contributed by atoms with E-state index in [2.05, 4.69) is 16.8 Å². The Morgan fingerprint density at radius 2 is 1.88 bits per heavy atom. The lowest BCUT2D eigenvalue weighted by Crippen LogP contribution is -2.00. The van der Waals surface area contributed by atoms with Crippen molar-refractivity contribution < 1.29 is 0 Å². The summed E-state index contributed by atoms with van der Waals surface area (Å²) in [5.41, 5.74) is 0. The summed E-state index contributed by atoms with van der Waals surface area (Å²) in [6.45, 7) is 3.28. The zero-order valence-electron chi connectivity index (χ0n) is 4.18. The largest absolute Gasteiger partial charge is 0.197 e. The highest BCUT2D eigenvalue weighted by atomic mass is 28.1. The Morgan fingerprint density at radius 3 is 1.88 bits per heavy atom. The molecule has 0 amide bonds. The lowest BCUT2D eigenvalue weighted by Gasteiger charge is -1.99. The molecule has 3 heteroatoms. The SMILES string of the molecule is C=CC([Si])(C#N)C#N. The summed E-state index contributed by atoms with van der Waals surface area (Å²) in [6.07, 6.45) is 1.24. The van der Waals surface area contributed by atoms with Crippen LogP contribution in [0.5, 0.6) is 0 Å². The summed E-state index contributed by atoms with van der Waals surface area (Å²) >= 11 is 0. The number of allylic oxidation sites excluding steroid dienone is 1. The van der Waals surface area contributed by atoms with Gasteiger partial charge in [0.1, 0.15) is 5.04 Å². The third kappa shape index (κ3) is 1.21. The van der Waals surface area contributed by atoms with E-state index in [0.29, 0.717) is 0 Å². The Labute approximate surface area is 51.5 Å². The van der Waals surface area contributed by atoms with Crippen LogP contribution in [0.3, 0.4) is 0 Å². The molecule has 0 saturated carbocycles. The van der Waals surface area contributed by atoms with E-state index in [-0.39, 0.29) is 0 Å². The van der Waals surface area contributed by atoms with Crippen LogP contribution in [-0.4, -0.2) is 10.2 Å². The van der Waals surface area contributed by atoms with Gasteiger partial charge in [-0.25, -0.2) is 0 Å². The van der Waals surface area contributed by atoms with Gasteiger partial charge in [0.05, 0.1) is 22.4 Å². The van der Waals surface area contributed by atoms with E-state index in [1.165, 1.54) is 6.08 Å². The molecule has 0 fully saturated rings. The predicted molar refractivity (Wildman–Crippen MR) is 29.9 cm³/mol. The Hall–Kier alpha value is -1.06. The first kappa shape index (κ1) is 6.94. The molecule has 0 N–H and O–H groups in total. The van der Waals surface area contributed by atoms with E-state index in [9.17, 15) is 0 Å². The van der Waals surface area contributed by atoms with Crippen LogP contribution in [-0.2, 0) is 0 Å². The van der Waals surface area contributed by atoms with Gasteiger partial charge < -0.3 is 0 Å². The molecule has 37 valence electrons. The lowest BCUT2D eigenvalue weighted by atomic mass is 10.2. The molecule has 0 aromatic carbocycles. The summed E-state index contributed by atoms with van der Waals surface area (Å²) < 4.78 is 0. The van der Waals surface area contributed by atoms with Crippen LogP contribution in [0, 0.1) is 22.7 Å². The van der Waals surface area contributed by atoms with Crippen molar-refractivity contribution in [1.82, 2.24) is 0 Å². The van der Waals surface area contributed by atoms with Crippen molar-refractivity contribution in [3.63, 3.8) is 0 Å². The summed E-state index contributed by atoms with van der Waals surface area (Å²) in [5, 5.41) is 15.2. The minimum absolute atomic E-state index is 1.19. The molecule has 0 aromatic rings. The molecule has 3 radical (unpaired) electrons.